The second-order valence-electron chi connectivity index (χ2n) is 12.0. The molecular weight excluding hydrogens is 637 g/mol. The predicted octanol–water partition coefficient (Wildman–Crippen LogP) is 6.09. The van der Waals surface area contributed by atoms with Crippen molar-refractivity contribution in [1.29, 1.82) is 0 Å². The highest BCUT2D eigenvalue weighted by molar-refractivity contribution is 7.99. The SMILES string of the molecule is C=C(Cc1ccccc1NC(=O)C(NC(=O)OC)C(c1ccccc1)c1ccccc1)C1CNC(C)C(CSc2nc3ncccc3[nH]2)O1. The maximum Gasteiger partial charge on any atom is 0.407 e. The molecule has 0 bridgehead atoms. The van der Waals surface area contributed by atoms with Crippen molar-refractivity contribution in [2.75, 3.05) is 24.7 Å². The Balaban J connectivity index is 1.16. The molecular formula is C38H40N6O4S. The number of carbonyl (C=O) groups is 2. The van der Waals surface area contributed by atoms with Crippen LogP contribution in [0.5, 0.6) is 0 Å². The molecule has 252 valence electrons. The number of pyridine rings is 1. The van der Waals surface area contributed by atoms with Crippen LogP contribution in [0.25, 0.3) is 11.2 Å². The molecule has 6 rings (SSSR count). The van der Waals surface area contributed by atoms with Crippen LogP contribution in [0.15, 0.2) is 121 Å². The number of H-pyrrole nitrogens is 1. The van der Waals surface area contributed by atoms with Gasteiger partial charge in [-0.05, 0) is 53.8 Å². The summed E-state index contributed by atoms with van der Waals surface area (Å²) in [5.74, 6) is -0.149. The summed E-state index contributed by atoms with van der Waals surface area (Å²) in [6.07, 6.45) is 1.23. The fourth-order valence-electron chi connectivity index (χ4n) is 6.03. The molecule has 11 heteroatoms. The Bertz CT molecular complexity index is 1810. The molecule has 1 aliphatic heterocycles. The van der Waals surface area contributed by atoms with E-state index in [9.17, 15) is 9.59 Å². The van der Waals surface area contributed by atoms with Gasteiger partial charge in [-0.2, -0.15) is 0 Å². The minimum absolute atomic E-state index is 0.0744. The zero-order valence-corrected chi connectivity index (χ0v) is 28.3. The Morgan fingerprint density at radius 2 is 1.69 bits per heavy atom. The summed E-state index contributed by atoms with van der Waals surface area (Å²) in [4.78, 5) is 39.0. The fraction of sp³-hybridized carbons (Fsp3) is 0.263. The number of anilines is 1. The fourth-order valence-corrected chi connectivity index (χ4v) is 7.05. The summed E-state index contributed by atoms with van der Waals surface area (Å²) in [7, 11) is 1.29. The van der Waals surface area contributed by atoms with Crippen molar-refractivity contribution >= 4 is 40.6 Å². The molecule has 3 heterocycles. The van der Waals surface area contributed by atoms with E-state index >= 15 is 0 Å². The van der Waals surface area contributed by atoms with Gasteiger partial charge in [0.05, 0.1) is 24.8 Å². The third-order valence-corrected chi connectivity index (χ3v) is 9.64. The van der Waals surface area contributed by atoms with Gasteiger partial charge in [0.2, 0.25) is 5.91 Å². The van der Waals surface area contributed by atoms with Gasteiger partial charge in [0.1, 0.15) is 6.04 Å². The molecule has 1 fully saturated rings. The number of thioether (sulfide) groups is 1. The van der Waals surface area contributed by atoms with Gasteiger partial charge >= 0.3 is 6.09 Å². The highest BCUT2D eigenvalue weighted by atomic mass is 32.2. The van der Waals surface area contributed by atoms with Crippen LogP contribution in [-0.4, -0.2) is 70.7 Å². The number of aromatic amines is 1. The topological polar surface area (TPSA) is 130 Å². The van der Waals surface area contributed by atoms with E-state index < -0.39 is 18.1 Å². The number of nitrogens with zero attached hydrogens (tertiary/aromatic N) is 2. The number of aromatic nitrogens is 3. The number of fused-ring (bicyclic) bond motifs is 1. The van der Waals surface area contributed by atoms with Crippen LogP contribution in [-0.2, 0) is 20.7 Å². The number of methoxy groups -OCH3 is 1. The molecule has 2 aromatic heterocycles. The van der Waals surface area contributed by atoms with Gasteiger partial charge in [0.25, 0.3) is 0 Å². The van der Waals surface area contributed by atoms with Crippen molar-refractivity contribution in [3.63, 3.8) is 0 Å². The summed E-state index contributed by atoms with van der Waals surface area (Å²) < 4.78 is 11.5. The van der Waals surface area contributed by atoms with Crippen molar-refractivity contribution in [3.05, 3.63) is 132 Å². The second kappa shape index (κ2) is 16.0. The minimum atomic E-state index is -0.971. The molecule has 4 atom stereocenters. The van der Waals surface area contributed by atoms with E-state index in [0.29, 0.717) is 30.1 Å². The number of imidazole rings is 1. The van der Waals surface area contributed by atoms with Crippen LogP contribution >= 0.6 is 11.8 Å². The lowest BCUT2D eigenvalue weighted by molar-refractivity contribution is -0.118. The van der Waals surface area contributed by atoms with Crippen molar-refractivity contribution < 1.29 is 19.1 Å². The smallest absolute Gasteiger partial charge is 0.407 e. The van der Waals surface area contributed by atoms with E-state index in [2.05, 4.69) is 44.4 Å². The number of alkyl carbamates (subject to hydrolysis) is 1. The first kappa shape index (κ1) is 33.9. The summed E-state index contributed by atoms with van der Waals surface area (Å²) in [5, 5.41) is 10.3. The number of rotatable bonds is 12. The van der Waals surface area contributed by atoms with E-state index in [1.165, 1.54) is 7.11 Å². The molecule has 4 unspecified atom stereocenters. The summed E-state index contributed by atoms with van der Waals surface area (Å²) in [6, 6.07) is 30.0. The largest absolute Gasteiger partial charge is 0.453 e. The normalized spacial score (nSPS) is 18.1. The Kier molecular flexibility index (Phi) is 11.0. The first-order chi connectivity index (χ1) is 23.9. The van der Waals surface area contributed by atoms with Crippen molar-refractivity contribution in [3.8, 4) is 0 Å². The van der Waals surface area contributed by atoms with E-state index in [1.807, 2.05) is 97.1 Å². The maximum absolute atomic E-state index is 14.2. The van der Waals surface area contributed by atoms with Gasteiger partial charge in [-0.25, -0.2) is 14.8 Å². The maximum atomic E-state index is 14.2. The quantitative estimate of drug-likeness (QED) is 0.0923. The lowest BCUT2D eigenvalue weighted by Crippen LogP contribution is -2.52. The number of amides is 2. The summed E-state index contributed by atoms with van der Waals surface area (Å²) in [5.41, 5.74) is 5.77. The van der Waals surface area contributed by atoms with Gasteiger partial charge in [-0.1, -0.05) is 97.2 Å². The lowest BCUT2D eigenvalue weighted by atomic mass is 9.84. The number of carbonyl (C=O) groups excluding carboxylic acids is 2. The average molecular weight is 677 g/mol. The van der Waals surface area contributed by atoms with E-state index in [1.54, 1.807) is 18.0 Å². The second-order valence-corrected chi connectivity index (χ2v) is 13.0. The molecule has 49 heavy (non-hydrogen) atoms. The first-order valence-electron chi connectivity index (χ1n) is 16.2. The van der Waals surface area contributed by atoms with Crippen LogP contribution in [0.3, 0.4) is 0 Å². The highest BCUT2D eigenvalue weighted by Gasteiger charge is 2.34. The molecule has 10 nitrogen and oxygen atoms in total. The molecule has 5 aromatic rings. The van der Waals surface area contributed by atoms with Gasteiger partial charge in [0, 0.05) is 36.1 Å². The number of hydrogen-bond donors (Lipinski definition) is 4. The molecule has 0 saturated carbocycles. The van der Waals surface area contributed by atoms with Crippen LogP contribution in [0.1, 0.15) is 29.5 Å². The zero-order valence-electron chi connectivity index (χ0n) is 27.5. The third kappa shape index (κ3) is 8.37. The number of benzene rings is 3. The van der Waals surface area contributed by atoms with Gasteiger partial charge in [-0.3, -0.25) is 4.79 Å². The molecule has 1 saturated heterocycles. The molecule has 3 aromatic carbocycles. The van der Waals surface area contributed by atoms with E-state index in [-0.39, 0.29) is 24.2 Å². The van der Waals surface area contributed by atoms with Gasteiger partial charge in [0.15, 0.2) is 10.8 Å². The Morgan fingerprint density at radius 1 is 1.00 bits per heavy atom. The number of ether oxygens (including phenoxy) is 2. The van der Waals surface area contributed by atoms with Crippen molar-refractivity contribution in [1.82, 2.24) is 25.6 Å². The number of morpholine rings is 1. The van der Waals surface area contributed by atoms with Crippen molar-refractivity contribution in [2.45, 2.75) is 48.7 Å². The summed E-state index contributed by atoms with van der Waals surface area (Å²) >= 11 is 1.60. The van der Waals surface area contributed by atoms with Crippen LogP contribution < -0.4 is 16.0 Å². The molecule has 4 N–H and O–H groups in total. The number of para-hydroxylation sites is 1. The highest BCUT2D eigenvalue weighted by Crippen LogP contribution is 2.31. The average Bonchev–Trinajstić information content (AvgIpc) is 3.56. The monoisotopic (exact) mass is 676 g/mol. The van der Waals surface area contributed by atoms with Crippen LogP contribution in [0, 0.1) is 0 Å². The molecule has 2 amide bonds. The third-order valence-electron chi connectivity index (χ3n) is 8.68. The Morgan fingerprint density at radius 3 is 2.39 bits per heavy atom. The molecule has 0 aliphatic carbocycles. The molecule has 0 spiro atoms. The lowest BCUT2D eigenvalue weighted by Gasteiger charge is -2.36. The van der Waals surface area contributed by atoms with Crippen LogP contribution in [0.4, 0.5) is 10.5 Å². The first-order valence-corrected chi connectivity index (χ1v) is 17.2. The standard InChI is InChI=1S/C38H40N6O4S/c1-24(31-22-40-25(2)32(48-31)23-49-37-42-30-19-12-20-39-35(30)44-37)21-28-17-10-11-18-29(28)41-36(45)34(43-38(46)47-3)33(26-13-6-4-7-14-26)27-15-8-5-9-16-27/h4-20,25,31-34,40H,1,21-23H2,2-3H3,(H,41,45)(H,43,46)(H,39,42,44). The Labute approximate surface area is 290 Å². The van der Waals surface area contributed by atoms with E-state index in [4.69, 9.17) is 9.47 Å². The molecule has 1 aliphatic rings. The molecule has 0 radical (unpaired) electrons. The predicted molar refractivity (Wildman–Crippen MR) is 193 cm³/mol. The van der Waals surface area contributed by atoms with Gasteiger partial charge < -0.3 is 30.4 Å². The summed E-state index contributed by atoms with van der Waals surface area (Å²) in [6.45, 7) is 7.16. The minimum Gasteiger partial charge on any atom is -0.453 e. The Hall–Kier alpha value is -4.97. The number of hydrogen-bond acceptors (Lipinski definition) is 8. The van der Waals surface area contributed by atoms with Crippen molar-refractivity contribution in [2.24, 2.45) is 0 Å². The zero-order chi connectivity index (χ0) is 34.2. The number of nitrogens with one attached hydrogen (secondary N) is 4. The van der Waals surface area contributed by atoms with E-state index in [0.717, 1.165) is 32.9 Å². The van der Waals surface area contributed by atoms with Crippen LogP contribution in [0.2, 0.25) is 0 Å². The van der Waals surface area contributed by atoms with Gasteiger partial charge in [-0.15, -0.1) is 0 Å².